The predicted octanol–water partition coefficient (Wildman–Crippen LogP) is 3.73. The van der Waals surface area contributed by atoms with Crippen LogP contribution in [0.5, 0.6) is 0 Å². The summed E-state index contributed by atoms with van der Waals surface area (Å²) in [6.07, 6.45) is 0.787. The second-order valence-corrected chi connectivity index (χ2v) is 5.82. The summed E-state index contributed by atoms with van der Waals surface area (Å²) in [6, 6.07) is 11.1. The van der Waals surface area contributed by atoms with Gasteiger partial charge in [-0.25, -0.2) is 4.79 Å². The predicted molar refractivity (Wildman–Crippen MR) is 81.6 cm³/mol. The third-order valence-corrected chi connectivity index (χ3v) is 2.81. The maximum Gasteiger partial charge on any atom is 0.408 e. The minimum Gasteiger partial charge on any atom is -0.467 e. The summed E-state index contributed by atoms with van der Waals surface area (Å²) in [4.78, 5) is 24.6. The van der Waals surface area contributed by atoms with Crippen molar-refractivity contribution in [2.45, 2.75) is 32.4 Å². The fraction of sp³-hybridized carbons (Fsp3) is 0.294. The molecule has 0 bridgehead atoms. The van der Waals surface area contributed by atoms with E-state index in [-0.39, 0.29) is 5.78 Å². The third kappa shape index (κ3) is 4.22. The lowest BCUT2D eigenvalue weighted by molar-refractivity contribution is 0.0483. The van der Waals surface area contributed by atoms with Crippen LogP contribution >= 0.6 is 0 Å². The number of carbonyl (C=O) groups excluding carboxylic acids is 2. The largest absolute Gasteiger partial charge is 0.467 e. The monoisotopic (exact) mass is 301 g/mol. The highest BCUT2D eigenvalue weighted by molar-refractivity contribution is 6.01. The summed E-state index contributed by atoms with van der Waals surface area (Å²) in [7, 11) is 0. The van der Waals surface area contributed by atoms with Crippen molar-refractivity contribution < 1.29 is 18.7 Å². The summed E-state index contributed by atoms with van der Waals surface area (Å²) in [6.45, 7) is 5.27. The van der Waals surface area contributed by atoms with Gasteiger partial charge >= 0.3 is 6.09 Å². The summed E-state index contributed by atoms with van der Waals surface area (Å²) in [5.74, 6) is 0.0983. The van der Waals surface area contributed by atoms with Crippen LogP contribution in [0.1, 0.15) is 42.9 Å². The molecule has 0 aliphatic rings. The van der Waals surface area contributed by atoms with Crippen LogP contribution < -0.4 is 5.32 Å². The first kappa shape index (κ1) is 15.8. The first-order valence-corrected chi connectivity index (χ1v) is 6.99. The van der Waals surface area contributed by atoms with Crippen molar-refractivity contribution in [2.75, 3.05) is 0 Å². The van der Waals surface area contributed by atoms with Crippen molar-refractivity contribution in [3.05, 3.63) is 60.1 Å². The summed E-state index contributed by atoms with van der Waals surface area (Å²) in [5.41, 5.74) is -0.159. The highest BCUT2D eigenvalue weighted by atomic mass is 16.6. The summed E-state index contributed by atoms with van der Waals surface area (Å²) in [5, 5.41) is 2.57. The molecule has 22 heavy (non-hydrogen) atoms. The molecule has 0 aliphatic carbocycles. The summed E-state index contributed by atoms with van der Waals surface area (Å²) < 4.78 is 10.5. The third-order valence-electron chi connectivity index (χ3n) is 2.81. The number of hydrogen-bond acceptors (Lipinski definition) is 4. The average molecular weight is 301 g/mol. The lowest BCUT2D eigenvalue weighted by Crippen LogP contribution is -2.38. The van der Waals surface area contributed by atoms with Gasteiger partial charge in [-0.3, -0.25) is 4.79 Å². The SMILES string of the molecule is CC(C)(C)OC(=O)NC(C(=O)c1ccccc1)c1ccco1. The van der Waals surface area contributed by atoms with Gasteiger partial charge in [0.25, 0.3) is 0 Å². The molecule has 0 fully saturated rings. The molecule has 0 spiro atoms. The molecule has 0 aliphatic heterocycles. The first-order chi connectivity index (χ1) is 10.4. The number of nitrogens with one attached hydrogen (secondary N) is 1. The van der Waals surface area contributed by atoms with Gasteiger partial charge in [0.05, 0.1) is 6.26 Å². The van der Waals surface area contributed by atoms with Crippen molar-refractivity contribution in [1.82, 2.24) is 5.32 Å². The number of ketones is 1. The highest BCUT2D eigenvalue weighted by Gasteiger charge is 2.28. The zero-order valence-corrected chi connectivity index (χ0v) is 12.8. The fourth-order valence-electron chi connectivity index (χ4n) is 1.92. The Morgan fingerprint density at radius 2 is 1.77 bits per heavy atom. The van der Waals surface area contributed by atoms with Gasteiger partial charge in [-0.1, -0.05) is 30.3 Å². The Hall–Kier alpha value is -2.56. The zero-order valence-electron chi connectivity index (χ0n) is 12.8. The molecule has 5 heteroatoms. The average Bonchev–Trinajstić information content (AvgIpc) is 2.97. The minimum absolute atomic E-state index is 0.263. The number of alkyl carbamates (subject to hydrolysis) is 1. The lowest BCUT2D eigenvalue weighted by atomic mass is 10.0. The van der Waals surface area contributed by atoms with E-state index in [0.29, 0.717) is 11.3 Å². The van der Waals surface area contributed by atoms with E-state index in [2.05, 4.69) is 5.32 Å². The first-order valence-electron chi connectivity index (χ1n) is 6.99. The van der Waals surface area contributed by atoms with Gasteiger partial charge in [-0.15, -0.1) is 0 Å². The maximum absolute atomic E-state index is 12.6. The smallest absolute Gasteiger partial charge is 0.408 e. The molecule has 2 rings (SSSR count). The molecular formula is C17H19NO4. The zero-order chi connectivity index (χ0) is 16.2. The van der Waals surface area contributed by atoms with Crippen LogP contribution in [0.15, 0.2) is 53.1 Å². The molecule has 1 atom stereocenters. The van der Waals surface area contributed by atoms with Crippen LogP contribution in [0.4, 0.5) is 4.79 Å². The van der Waals surface area contributed by atoms with E-state index >= 15 is 0 Å². The van der Waals surface area contributed by atoms with E-state index in [1.54, 1.807) is 57.2 Å². The van der Waals surface area contributed by atoms with Gasteiger partial charge in [-0.05, 0) is 32.9 Å². The Labute approximate surface area is 129 Å². The molecule has 116 valence electrons. The van der Waals surface area contributed by atoms with Gasteiger partial charge in [0.2, 0.25) is 0 Å². The fourth-order valence-corrected chi connectivity index (χ4v) is 1.92. The second kappa shape index (κ2) is 6.47. The van der Waals surface area contributed by atoms with Crippen molar-refractivity contribution in [2.24, 2.45) is 0 Å². The van der Waals surface area contributed by atoms with E-state index in [4.69, 9.17) is 9.15 Å². The number of Topliss-reactive ketones (excluding diaryl/α,β-unsaturated/α-hetero) is 1. The Kier molecular flexibility index (Phi) is 4.65. The van der Waals surface area contributed by atoms with Crippen molar-refractivity contribution in [3.63, 3.8) is 0 Å². The molecule has 1 unspecified atom stereocenters. The summed E-state index contributed by atoms with van der Waals surface area (Å²) >= 11 is 0. The molecule has 0 saturated carbocycles. The van der Waals surface area contributed by atoms with E-state index in [0.717, 1.165) is 0 Å². The Morgan fingerprint density at radius 1 is 1.09 bits per heavy atom. The number of amides is 1. The maximum atomic E-state index is 12.6. The van der Waals surface area contributed by atoms with Crippen LogP contribution in [0.25, 0.3) is 0 Å². The number of furan rings is 1. The molecule has 1 aromatic carbocycles. The molecule has 1 N–H and O–H groups in total. The molecule has 0 saturated heterocycles. The Bertz CT molecular complexity index is 626. The molecule has 1 aromatic heterocycles. The van der Waals surface area contributed by atoms with Crippen molar-refractivity contribution in [3.8, 4) is 0 Å². The number of benzene rings is 1. The standard InChI is InChI=1S/C17H19NO4/c1-17(2,3)22-16(20)18-14(13-10-7-11-21-13)15(19)12-8-5-4-6-9-12/h4-11,14H,1-3H3,(H,18,20). The number of hydrogen-bond donors (Lipinski definition) is 1. The van der Waals surface area contributed by atoms with E-state index in [9.17, 15) is 9.59 Å². The minimum atomic E-state index is -0.924. The lowest BCUT2D eigenvalue weighted by Gasteiger charge is -2.22. The number of carbonyl (C=O) groups is 2. The normalized spacial score (nSPS) is 12.5. The topological polar surface area (TPSA) is 68.5 Å². The van der Waals surface area contributed by atoms with Crippen LogP contribution in [0.3, 0.4) is 0 Å². The van der Waals surface area contributed by atoms with Crippen LogP contribution in [-0.4, -0.2) is 17.5 Å². The second-order valence-electron chi connectivity index (χ2n) is 5.82. The van der Waals surface area contributed by atoms with Gasteiger partial charge in [0, 0.05) is 5.56 Å². The molecule has 5 nitrogen and oxygen atoms in total. The van der Waals surface area contributed by atoms with Crippen LogP contribution in [0, 0.1) is 0 Å². The molecule has 0 radical (unpaired) electrons. The highest BCUT2D eigenvalue weighted by Crippen LogP contribution is 2.20. The van der Waals surface area contributed by atoms with Crippen LogP contribution in [-0.2, 0) is 4.74 Å². The van der Waals surface area contributed by atoms with Crippen LogP contribution in [0.2, 0.25) is 0 Å². The number of ether oxygens (including phenoxy) is 1. The molecular weight excluding hydrogens is 282 g/mol. The van der Waals surface area contributed by atoms with Gasteiger partial charge in [0.1, 0.15) is 11.4 Å². The molecule has 2 aromatic rings. The Morgan fingerprint density at radius 3 is 2.32 bits per heavy atom. The van der Waals surface area contributed by atoms with E-state index < -0.39 is 17.7 Å². The quantitative estimate of drug-likeness (QED) is 0.874. The van der Waals surface area contributed by atoms with Gasteiger partial charge in [0.15, 0.2) is 11.8 Å². The number of rotatable bonds is 4. The van der Waals surface area contributed by atoms with E-state index in [1.807, 2.05) is 6.07 Å². The van der Waals surface area contributed by atoms with Gasteiger partial charge < -0.3 is 14.5 Å². The van der Waals surface area contributed by atoms with E-state index in [1.165, 1.54) is 6.26 Å². The van der Waals surface area contributed by atoms with Crippen molar-refractivity contribution >= 4 is 11.9 Å². The Balaban J connectivity index is 2.21. The molecule has 1 amide bonds. The molecule has 1 heterocycles. The van der Waals surface area contributed by atoms with Gasteiger partial charge in [-0.2, -0.15) is 0 Å². The van der Waals surface area contributed by atoms with Crippen molar-refractivity contribution in [1.29, 1.82) is 0 Å².